The summed E-state index contributed by atoms with van der Waals surface area (Å²) in [6, 6.07) is 9.98. The molecule has 102 valence electrons. The van der Waals surface area contributed by atoms with Gasteiger partial charge in [-0.3, -0.25) is 0 Å². The minimum absolute atomic E-state index is 0.202. The Morgan fingerprint density at radius 2 is 1.84 bits per heavy atom. The Labute approximate surface area is 124 Å². The Morgan fingerprint density at radius 1 is 1.16 bits per heavy atom. The molecule has 0 bridgehead atoms. The van der Waals surface area contributed by atoms with Crippen LogP contribution in [-0.4, -0.2) is 20.1 Å². The summed E-state index contributed by atoms with van der Waals surface area (Å²) in [6.07, 6.45) is 0.575. The van der Waals surface area contributed by atoms with E-state index in [0.29, 0.717) is 17.2 Å². The van der Waals surface area contributed by atoms with E-state index in [1.54, 1.807) is 36.4 Å². The summed E-state index contributed by atoms with van der Waals surface area (Å²) in [4.78, 5) is 0. The Bertz CT molecular complexity index is 650. The normalized spacial score (nSPS) is 11.6. The van der Waals surface area contributed by atoms with Gasteiger partial charge in [0.15, 0.2) is 0 Å². The number of aromatic hydroxyl groups is 1. The lowest BCUT2D eigenvalue weighted by Gasteiger charge is -2.05. The third kappa shape index (κ3) is 4.04. The molecule has 2 aromatic rings. The molecule has 0 fully saturated rings. The fourth-order valence-electron chi connectivity index (χ4n) is 1.51. The summed E-state index contributed by atoms with van der Waals surface area (Å²) in [6.45, 7) is 0.322. The molecular formula is C12H12BrNO3S2. The van der Waals surface area contributed by atoms with Gasteiger partial charge in [0.2, 0.25) is 10.0 Å². The molecule has 0 saturated heterocycles. The molecule has 1 aromatic heterocycles. The maximum atomic E-state index is 11.9. The average molecular weight is 362 g/mol. The fourth-order valence-corrected chi connectivity index (χ4v) is 4.59. The number of hydrogen-bond acceptors (Lipinski definition) is 4. The van der Waals surface area contributed by atoms with Crippen molar-refractivity contribution < 1.29 is 13.5 Å². The van der Waals surface area contributed by atoms with Crippen LogP contribution in [0.25, 0.3) is 0 Å². The van der Waals surface area contributed by atoms with Crippen LogP contribution in [0.4, 0.5) is 0 Å². The van der Waals surface area contributed by atoms with Gasteiger partial charge in [0, 0.05) is 6.54 Å². The third-order valence-electron chi connectivity index (χ3n) is 2.46. The Hall–Kier alpha value is -0.890. The van der Waals surface area contributed by atoms with Crippen LogP contribution in [0.15, 0.2) is 44.4 Å². The van der Waals surface area contributed by atoms with Gasteiger partial charge in [-0.2, -0.15) is 0 Å². The van der Waals surface area contributed by atoms with Crippen LogP contribution < -0.4 is 4.72 Å². The molecule has 0 aliphatic heterocycles. The minimum atomic E-state index is -3.43. The minimum Gasteiger partial charge on any atom is -0.508 e. The SMILES string of the molecule is O=S(=O)(NCCc1ccc(O)cc1)c1ccc(Br)s1. The molecule has 2 N–H and O–H groups in total. The van der Waals surface area contributed by atoms with Crippen LogP contribution in [0.5, 0.6) is 5.75 Å². The fraction of sp³-hybridized carbons (Fsp3) is 0.167. The summed E-state index contributed by atoms with van der Waals surface area (Å²) in [5, 5.41) is 9.15. The van der Waals surface area contributed by atoms with Gasteiger partial charge in [-0.25, -0.2) is 13.1 Å². The predicted molar refractivity (Wildman–Crippen MR) is 79.0 cm³/mol. The second kappa shape index (κ2) is 6.04. The summed E-state index contributed by atoms with van der Waals surface area (Å²) in [5.74, 6) is 0.202. The molecule has 7 heteroatoms. The number of nitrogens with one attached hydrogen (secondary N) is 1. The highest BCUT2D eigenvalue weighted by Crippen LogP contribution is 2.25. The Kier molecular flexibility index (Phi) is 4.62. The van der Waals surface area contributed by atoms with Crippen molar-refractivity contribution in [3.05, 3.63) is 45.7 Å². The van der Waals surface area contributed by atoms with Crippen molar-refractivity contribution in [2.75, 3.05) is 6.54 Å². The van der Waals surface area contributed by atoms with Crippen LogP contribution in [0, 0.1) is 0 Å². The van der Waals surface area contributed by atoms with Gasteiger partial charge >= 0.3 is 0 Å². The van der Waals surface area contributed by atoms with Crippen molar-refractivity contribution >= 4 is 37.3 Å². The zero-order valence-corrected chi connectivity index (χ0v) is 13.1. The van der Waals surface area contributed by atoms with Crippen LogP contribution in [-0.2, 0) is 16.4 Å². The number of rotatable bonds is 5. The van der Waals surface area contributed by atoms with E-state index in [9.17, 15) is 8.42 Å². The molecule has 4 nitrogen and oxygen atoms in total. The smallest absolute Gasteiger partial charge is 0.250 e. The first-order valence-corrected chi connectivity index (χ1v) is 8.59. The van der Waals surface area contributed by atoms with Crippen LogP contribution in [0.1, 0.15) is 5.56 Å². The largest absolute Gasteiger partial charge is 0.508 e. The van der Waals surface area contributed by atoms with Gasteiger partial charge in [-0.1, -0.05) is 12.1 Å². The molecule has 0 radical (unpaired) electrons. The first-order chi connectivity index (χ1) is 8.97. The molecule has 0 saturated carbocycles. The van der Waals surface area contributed by atoms with Gasteiger partial charge in [0.1, 0.15) is 9.96 Å². The lowest BCUT2D eigenvalue weighted by atomic mass is 10.1. The van der Waals surface area contributed by atoms with E-state index < -0.39 is 10.0 Å². The molecule has 19 heavy (non-hydrogen) atoms. The number of phenolic OH excluding ortho intramolecular Hbond substituents is 1. The Morgan fingerprint density at radius 3 is 2.42 bits per heavy atom. The predicted octanol–water partition coefficient (Wildman–Crippen LogP) is 2.74. The van der Waals surface area contributed by atoms with Crippen molar-refractivity contribution in [2.45, 2.75) is 10.6 Å². The zero-order chi connectivity index (χ0) is 13.9. The van der Waals surface area contributed by atoms with Crippen molar-refractivity contribution in [3.63, 3.8) is 0 Å². The van der Waals surface area contributed by atoms with Crippen LogP contribution in [0.2, 0.25) is 0 Å². The number of halogens is 1. The molecule has 2 rings (SSSR count). The number of thiophene rings is 1. The van der Waals surface area contributed by atoms with E-state index in [2.05, 4.69) is 20.7 Å². The van der Waals surface area contributed by atoms with Crippen molar-refractivity contribution in [1.29, 1.82) is 0 Å². The Balaban J connectivity index is 1.93. The monoisotopic (exact) mass is 361 g/mol. The van der Waals surface area contributed by atoms with Crippen molar-refractivity contribution in [2.24, 2.45) is 0 Å². The average Bonchev–Trinajstić information content (AvgIpc) is 2.79. The molecule has 0 unspecified atom stereocenters. The van der Waals surface area contributed by atoms with Gasteiger partial charge in [-0.15, -0.1) is 11.3 Å². The second-order valence-corrected chi connectivity index (χ2v) is 8.33. The van der Waals surface area contributed by atoms with Crippen molar-refractivity contribution in [1.82, 2.24) is 4.72 Å². The van der Waals surface area contributed by atoms with E-state index >= 15 is 0 Å². The van der Waals surface area contributed by atoms with Gasteiger partial charge in [0.25, 0.3) is 0 Å². The van der Waals surface area contributed by atoms with E-state index in [1.165, 1.54) is 11.3 Å². The summed E-state index contributed by atoms with van der Waals surface area (Å²) in [7, 11) is -3.43. The number of phenols is 1. The van der Waals surface area contributed by atoms with Crippen LogP contribution in [0.3, 0.4) is 0 Å². The highest BCUT2D eigenvalue weighted by atomic mass is 79.9. The lowest BCUT2D eigenvalue weighted by molar-refractivity contribution is 0.475. The highest BCUT2D eigenvalue weighted by Gasteiger charge is 2.15. The molecule has 0 aliphatic carbocycles. The van der Waals surface area contributed by atoms with Gasteiger partial charge < -0.3 is 5.11 Å². The standard InChI is InChI=1S/C12H12BrNO3S2/c13-11-5-6-12(18-11)19(16,17)14-8-7-9-1-3-10(15)4-2-9/h1-6,14-15H,7-8H2. The maximum Gasteiger partial charge on any atom is 0.250 e. The number of benzene rings is 1. The third-order valence-corrected chi connectivity index (χ3v) is 6.03. The zero-order valence-electron chi connectivity index (χ0n) is 9.84. The van der Waals surface area contributed by atoms with E-state index in [0.717, 1.165) is 9.35 Å². The molecule has 0 amide bonds. The molecule has 1 heterocycles. The van der Waals surface area contributed by atoms with E-state index in [4.69, 9.17) is 5.11 Å². The number of hydrogen-bond donors (Lipinski definition) is 2. The highest BCUT2D eigenvalue weighted by molar-refractivity contribution is 9.11. The quantitative estimate of drug-likeness (QED) is 0.860. The van der Waals surface area contributed by atoms with Crippen molar-refractivity contribution in [3.8, 4) is 5.75 Å². The first kappa shape index (κ1) is 14.5. The topological polar surface area (TPSA) is 66.4 Å². The van der Waals surface area contributed by atoms with Gasteiger partial charge in [-0.05, 0) is 52.2 Å². The second-order valence-electron chi connectivity index (χ2n) is 3.87. The molecule has 0 aliphatic rings. The van der Waals surface area contributed by atoms with Gasteiger partial charge in [0.05, 0.1) is 3.79 Å². The molecular weight excluding hydrogens is 350 g/mol. The summed E-state index contributed by atoms with van der Waals surface area (Å²) in [5.41, 5.74) is 0.966. The number of sulfonamides is 1. The summed E-state index contributed by atoms with van der Waals surface area (Å²) >= 11 is 4.41. The van der Waals surface area contributed by atoms with E-state index in [-0.39, 0.29) is 5.75 Å². The molecule has 0 atom stereocenters. The maximum absolute atomic E-state index is 11.9. The van der Waals surface area contributed by atoms with Crippen LogP contribution >= 0.6 is 27.3 Å². The molecule has 1 aromatic carbocycles. The molecule has 0 spiro atoms. The first-order valence-electron chi connectivity index (χ1n) is 5.50. The lowest BCUT2D eigenvalue weighted by Crippen LogP contribution is -2.25. The van der Waals surface area contributed by atoms with E-state index in [1.807, 2.05) is 0 Å². The summed E-state index contributed by atoms with van der Waals surface area (Å²) < 4.78 is 27.5.